The third-order valence-corrected chi connectivity index (χ3v) is 2.71. The molecule has 0 aromatic heterocycles. The maximum Gasteiger partial charge on any atom is 0.0615 e. The quantitative estimate of drug-likeness (QED) is 0.522. The highest BCUT2D eigenvalue weighted by molar-refractivity contribution is 4.67. The van der Waals surface area contributed by atoms with Crippen LogP contribution in [0.1, 0.15) is 26.7 Å². The molecule has 0 rings (SSSR count). The van der Waals surface area contributed by atoms with E-state index in [0.717, 1.165) is 39.1 Å². The molecule has 0 aliphatic rings. The summed E-state index contributed by atoms with van der Waals surface area (Å²) in [6.45, 7) is 7.86. The summed E-state index contributed by atoms with van der Waals surface area (Å²) in [5.41, 5.74) is 0. The van der Waals surface area contributed by atoms with Gasteiger partial charge in [0.2, 0.25) is 0 Å². The van der Waals surface area contributed by atoms with Gasteiger partial charge >= 0.3 is 0 Å². The maximum absolute atomic E-state index is 5.13. The number of hydrogen-bond acceptors (Lipinski definition) is 4. The Balaban J connectivity index is 3.48. The van der Waals surface area contributed by atoms with Crippen molar-refractivity contribution in [2.75, 3.05) is 40.5 Å². The molecule has 2 atom stereocenters. The van der Waals surface area contributed by atoms with Crippen molar-refractivity contribution >= 4 is 0 Å². The molecule has 0 aromatic carbocycles. The minimum Gasteiger partial charge on any atom is -0.383 e. The van der Waals surface area contributed by atoms with Crippen molar-refractivity contribution < 1.29 is 9.47 Å². The van der Waals surface area contributed by atoms with Gasteiger partial charge in [-0.2, -0.15) is 0 Å². The maximum atomic E-state index is 5.13. The molecule has 0 amide bonds. The van der Waals surface area contributed by atoms with E-state index in [2.05, 4.69) is 24.5 Å². The fraction of sp³-hybridized carbons (Fsp3) is 1.00. The van der Waals surface area contributed by atoms with Crippen LogP contribution >= 0.6 is 0 Å². The van der Waals surface area contributed by atoms with Crippen molar-refractivity contribution in [3.8, 4) is 0 Å². The summed E-state index contributed by atoms with van der Waals surface area (Å²) in [6, 6.07) is 0.934. The van der Waals surface area contributed by atoms with Crippen LogP contribution in [0.2, 0.25) is 0 Å². The Bertz CT molecular complexity index is 129. The van der Waals surface area contributed by atoms with E-state index in [1.165, 1.54) is 0 Å². The molecule has 4 nitrogen and oxygen atoms in total. The van der Waals surface area contributed by atoms with Crippen LogP contribution in [-0.2, 0) is 9.47 Å². The average molecular weight is 232 g/mol. The third kappa shape index (κ3) is 8.05. The summed E-state index contributed by atoms with van der Waals surface area (Å²) < 4.78 is 10.3. The molecule has 0 spiro atoms. The van der Waals surface area contributed by atoms with Crippen molar-refractivity contribution in [1.82, 2.24) is 10.6 Å². The largest absolute Gasteiger partial charge is 0.383 e. The van der Waals surface area contributed by atoms with Crippen LogP contribution in [-0.4, -0.2) is 52.6 Å². The fourth-order valence-corrected chi connectivity index (χ4v) is 1.60. The highest BCUT2D eigenvalue weighted by Crippen LogP contribution is 1.92. The minimum atomic E-state index is 0.467. The molecule has 0 saturated carbocycles. The van der Waals surface area contributed by atoms with Crippen molar-refractivity contribution in [3.05, 3.63) is 0 Å². The van der Waals surface area contributed by atoms with E-state index >= 15 is 0 Å². The van der Waals surface area contributed by atoms with Crippen LogP contribution in [0.4, 0.5) is 0 Å². The highest BCUT2D eigenvalue weighted by atomic mass is 16.5. The Labute approximate surface area is 100 Å². The van der Waals surface area contributed by atoms with Gasteiger partial charge in [0.1, 0.15) is 0 Å². The number of ether oxygens (including phenoxy) is 2. The van der Waals surface area contributed by atoms with Crippen LogP contribution in [0.3, 0.4) is 0 Å². The molecule has 4 heteroatoms. The van der Waals surface area contributed by atoms with E-state index in [1.807, 2.05) is 0 Å². The molecule has 0 unspecified atom stereocenters. The van der Waals surface area contributed by atoms with Gasteiger partial charge in [-0.15, -0.1) is 0 Å². The van der Waals surface area contributed by atoms with E-state index in [9.17, 15) is 0 Å². The second kappa shape index (κ2) is 11.3. The van der Waals surface area contributed by atoms with E-state index < -0.39 is 0 Å². The Morgan fingerprint density at radius 3 is 1.44 bits per heavy atom. The lowest BCUT2D eigenvalue weighted by atomic mass is 10.2. The zero-order chi connectivity index (χ0) is 12.2. The molecule has 0 aliphatic carbocycles. The van der Waals surface area contributed by atoms with Gasteiger partial charge in [0.05, 0.1) is 13.2 Å². The predicted molar refractivity (Wildman–Crippen MR) is 67.9 cm³/mol. The summed E-state index contributed by atoms with van der Waals surface area (Å²) in [7, 11) is 3.49. The minimum absolute atomic E-state index is 0.467. The van der Waals surface area contributed by atoms with Crippen LogP contribution < -0.4 is 10.6 Å². The monoisotopic (exact) mass is 232 g/mol. The molecule has 16 heavy (non-hydrogen) atoms. The molecule has 0 aliphatic heterocycles. The normalized spacial score (nSPS) is 15.0. The molecule has 0 heterocycles. The second-order valence-electron chi connectivity index (χ2n) is 4.03. The van der Waals surface area contributed by atoms with Gasteiger partial charge in [0.15, 0.2) is 0 Å². The van der Waals surface area contributed by atoms with Gasteiger partial charge < -0.3 is 20.1 Å². The van der Waals surface area contributed by atoms with Gasteiger partial charge in [-0.05, 0) is 12.8 Å². The molecule has 0 aromatic rings. The fourth-order valence-electron chi connectivity index (χ4n) is 1.60. The van der Waals surface area contributed by atoms with E-state index in [-0.39, 0.29) is 0 Å². The first-order valence-corrected chi connectivity index (χ1v) is 6.23. The van der Waals surface area contributed by atoms with E-state index in [0.29, 0.717) is 12.1 Å². The Morgan fingerprint density at radius 2 is 1.19 bits per heavy atom. The number of rotatable bonds is 11. The first-order valence-electron chi connectivity index (χ1n) is 6.23. The first kappa shape index (κ1) is 15.8. The van der Waals surface area contributed by atoms with E-state index in [1.54, 1.807) is 14.2 Å². The van der Waals surface area contributed by atoms with Crippen LogP contribution in [0.15, 0.2) is 0 Å². The van der Waals surface area contributed by atoms with Gasteiger partial charge in [-0.3, -0.25) is 0 Å². The summed E-state index contributed by atoms with van der Waals surface area (Å²) >= 11 is 0. The lowest BCUT2D eigenvalue weighted by Crippen LogP contribution is -2.41. The van der Waals surface area contributed by atoms with Crippen molar-refractivity contribution in [1.29, 1.82) is 0 Å². The third-order valence-electron chi connectivity index (χ3n) is 2.71. The summed E-state index contributed by atoms with van der Waals surface area (Å²) in [5.74, 6) is 0. The lowest BCUT2D eigenvalue weighted by Gasteiger charge is -2.19. The van der Waals surface area contributed by atoms with Crippen LogP contribution in [0.5, 0.6) is 0 Å². The zero-order valence-corrected chi connectivity index (χ0v) is 11.2. The zero-order valence-electron chi connectivity index (χ0n) is 11.2. The lowest BCUT2D eigenvalue weighted by molar-refractivity contribution is 0.158. The summed E-state index contributed by atoms with van der Waals surface area (Å²) in [4.78, 5) is 0. The summed E-state index contributed by atoms with van der Waals surface area (Å²) in [5, 5.41) is 6.93. The molecule has 0 bridgehead atoms. The van der Waals surface area contributed by atoms with Crippen LogP contribution in [0, 0.1) is 0 Å². The number of methoxy groups -OCH3 is 2. The number of hydrogen-bond donors (Lipinski definition) is 2. The van der Waals surface area contributed by atoms with Crippen molar-refractivity contribution in [3.63, 3.8) is 0 Å². The molecular formula is C12H28N2O2. The SMILES string of the molecule is CC[C@H](COC)NCCN[C@H](CC)COC. The first-order chi connectivity index (χ1) is 7.78. The number of nitrogens with one attached hydrogen (secondary N) is 2. The Morgan fingerprint density at radius 1 is 0.812 bits per heavy atom. The average Bonchev–Trinajstić information content (AvgIpc) is 2.31. The Kier molecular flexibility index (Phi) is 11.2. The molecule has 2 N–H and O–H groups in total. The van der Waals surface area contributed by atoms with Gasteiger partial charge in [0, 0.05) is 39.4 Å². The highest BCUT2D eigenvalue weighted by Gasteiger charge is 2.06. The standard InChI is InChI=1S/C12H28N2O2/c1-5-11(9-15-3)13-7-8-14-12(6-2)10-16-4/h11-14H,5-10H2,1-4H3/t11-,12-/m1/s1. The van der Waals surface area contributed by atoms with Gasteiger partial charge in [-0.1, -0.05) is 13.8 Å². The second-order valence-corrected chi connectivity index (χ2v) is 4.03. The summed E-state index contributed by atoms with van der Waals surface area (Å²) in [6.07, 6.45) is 2.20. The van der Waals surface area contributed by atoms with E-state index in [4.69, 9.17) is 9.47 Å². The molecule has 0 fully saturated rings. The smallest absolute Gasteiger partial charge is 0.0615 e. The predicted octanol–water partition coefficient (Wildman–Crippen LogP) is 1.02. The molecule has 98 valence electrons. The van der Waals surface area contributed by atoms with Gasteiger partial charge in [-0.25, -0.2) is 0 Å². The molecule has 0 radical (unpaired) electrons. The molecule has 0 saturated heterocycles. The van der Waals surface area contributed by atoms with Gasteiger partial charge in [0.25, 0.3) is 0 Å². The molecular weight excluding hydrogens is 204 g/mol. The van der Waals surface area contributed by atoms with Crippen molar-refractivity contribution in [2.24, 2.45) is 0 Å². The Hall–Kier alpha value is -0.160. The van der Waals surface area contributed by atoms with Crippen LogP contribution in [0.25, 0.3) is 0 Å². The topological polar surface area (TPSA) is 42.5 Å². The van der Waals surface area contributed by atoms with Crippen molar-refractivity contribution in [2.45, 2.75) is 38.8 Å².